The maximum absolute atomic E-state index is 10.1. The summed E-state index contributed by atoms with van der Waals surface area (Å²) in [5, 5.41) is 10.1. The molecule has 0 saturated carbocycles. The molecule has 2 bridgehead atoms. The van der Waals surface area contributed by atoms with Crippen molar-refractivity contribution >= 4 is 0 Å². The van der Waals surface area contributed by atoms with Crippen molar-refractivity contribution in [3.05, 3.63) is 29.3 Å². The van der Waals surface area contributed by atoms with Gasteiger partial charge >= 0.3 is 0 Å². The van der Waals surface area contributed by atoms with Crippen LogP contribution in [0, 0.1) is 5.92 Å². The second kappa shape index (κ2) is 5.78. The molecule has 0 aromatic heterocycles. The molecule has 2 heterocycles. The fourth-order valence-corrected chi connectivity index (χ4v) is 5.51. The molecule has 3 nitrogen and oxygen atoms in total. The second-order valence-electron chi connectivity index (χ2n) is 8.09. The Labute approximate surface area is 140 Å². The van der Waals surface area contributed by atoms with Crippen LogP contribution in [0.25, 0.3) is 0 Å². The van der Waals surface area contributed by atoms with E-state index in [1.807, 2.05) is 6.07 Å². The largest absolute Gasteiger partial charge is 0.508 e. The van der Waals surface area contributed by atoms with Gasteiger partial charge in [-0.05, 0) is 94.5 Å². The molecule has 3 heteroatoms. The van der Waals surface area contributed by atoms with Gasteiger partial charge in [-0.25, -0.2) is 0 Å². The van der Waals surface area contributed by atoms with Crippen molar-refractivity contribution < 1.29 is 5.11 Å². The van der Waals surface area contributed by atoms with Crippen LogP contribution in [0.4, 0.5) is 0 Å². The molecular weight excluding hydrogens is 284 g/mol. The van der Waals surface area contributed by atoms with Gasteiger partial charge in [-0.2, -0.15) is 0 Å². The fraction of sp³-hybridized carbons (Fsp3) is 0.700. The third kappa shape index (κ3) is 2.49. The van der Waals surface area contributed by atoms with E-state index in [2.05, 4.69) is 35.9 Å². The molecule has 0 radical (unpaired) electrons. The highest BCUT2D eigenvalue weighted by Gasteiger charge is 2.50. The van der Waals surface area contributed by atoms with Crippen LogP contribution in [0.2, 0.25) is 0 Å². The predicted molar refractivity (Wildman–Crippen MR) is 94.0 cm³/mol. The molecule has 23 heavy (non-hydrogen) atoms. The molecule has 0 spiro atoms. The Balaban J connectivity index is 1.70. The number of piperidine rings is 1. The molecule has 3 aliphatic rings. The summed E-state index contributed by atoms with van der Waals surface area (Å²) in [6, 6.07) is 6.78. The minimum Gasteiger partial charge on any atom is -0.508 e. The van der Waals surface area contributed by atoms with Crippen molar-refractivity contribution in [2.24, 2.45) is 5.92 Å². The third-order valence-electron chi connectivity index (χ3n) is 7.06. The molecule has 1 aromatic rings. The summed E-state index contributed by atoms with van der Waals surface area (Å²) in [7, 11) is 2.29. The average Bonchev–Trinajstić information content (AvgIpc) is 3.05. The number of aromatic hydroxyl groups is 1. The topological polar surface area (TPSA) is 26.7 Å². The molecule has 4 rings (SSSR count). The van der Waals surface area contributed by atoms with E-state index in [4.69, 9.17) is 0 Å². The van der Waals surface area contributed by atoms with Crippen molar-refractivity contribution in [1.82, 2.24) is 9.80 Å². The monoisotopic (exact) mass is 314 g/mol. The summed E-state index contributed by atoms with van der Waals surface area (Å²) in [6.07, 6.45) is 6.34. The van der Waals surface area contributed by atoms with Crippen LogP contribution in [0.1, 0.15) is 43.7 Å². The van der Waals surface area contributed by atoms with Gasteiger partial charge in [0.15, 0.2) is 0 Å². The lowest BCUT2D eigenvalue weighted by atomic mass is 9.56. The van der Waals surface area contributed by atoms with Gasteiger partial charge in [-0.15, -0.1) is 0 Å². The Hall–Kier alpha value is -1.06. The number of fused-ring (bicyclic) bond motifs is 4. The van der Waals surface area contributed by atoms with Crippen LogP contribution in [0.15, 0.2) is 18.2 Å². The zero-order chi connectivity index (χ0) is 16.0. The molecule has 2 saturated heterocycles. The molecule has 2 aliphatic heterocycles. The first kappa shape index (κ1) is 15.5. The van der Waals surface area contributed by atoms with E-state index in [1.54, 1.807) is 0 Å². The predicted octanol–water partition coefficient (Wildman–Crippen LogP) is 3.01. The lowest BCUT2D eigenvalue weighted by Crippen LogP contribution is -2.58. The molecule has 126 valence electrons. The quantitative estimate of drug-likeness (QED) is 0.929. The Morgan fingerprint density at radius 2 is 2.00 bits per heavy atom. The minimum absolute atomic E-state index is 0.256. The summed E-state index contributed by atoms with van der Waals surface area (Å²) >= 11 is 0. The van der Waals surface area contributed by atoms with Gasteiger partial charge in [0.1, 0.15) is 5.75 Å². The van der Waals surface area contributed by atoms with Gasteiger partial charge in [0.2, 0.25) is 0 Å². The number of benzene rings is 1. The van der Waals surface area contributed by atoms with Crippen LogP contribution in [0.3, 0.4) is 0 Å². The van der Waals surface area contributed by atoms with Crippen molar-refractivity contribution in [3.63, 3.8) is 0 Å². The van der Waals surface area contributed by atoms with Gasteiger partial charge in [-0.1, -0.05) is 13.0 Å². The Morgan fingerprint density at radius 3 is 2.78 bits per heavy atom. The van der Waals surface area contributed by atoms with Gasteiger partial charge in [0.05, 0.1) is 0 Å². The van der Waals surface area contributed by atoms with Crippen molar-refractivity contribution in [2.45, 2.75) is 50.5 Å². The zero-order valence-corrected chi connectivity index (χ0v) is 14.6. The van der Waals surface area contributed by atoms with Crippen LogP contribution in [0.5, 0.6) is 5.75 Å². The van der Waals surface area contributed by atoms with Gasteiger partial charge < -0.3 is 14.9 Å². The number of hydrogen-bond donors (Lipinski definition) is 1. The Kier molecular flexibility index (Phi) is 3.89. The molecule has 1 aliphatic carbocycles. The van der Waals surface area contributed by atoms with E-state index in [-0.39, 0.29) is 5.41 Å². The fourth-order valence-electron chi connectivity index (χ4n) is 5.51. The standard InChI is InChI=1S/C20H30N2O/c1-15-19-13-16-5-6-17(23)14-18(16)20(15,7-11-21(19)2)8-12-22-9-3-4-10-22/h5-6,14-15,19,23H,3-4,7-13H2,1-2H3/t15-,19+,20+/m0/s1. The number of rotatable bonds is 3. The minimum atomic E-state index is 0.256. The molecule has 0 amide bonds. The van der Waals surface area contributed by atoms with E-state index in [1.165, 1.54) is 63.0 Å². The number of likely N-dealkylation sites (tertiary alicyclic amines) is 2. The highest BCUT2D eigenvalue weighted by atomic mass is 16.3. The highest BCUT2D eigenvalue weighted by Crippen LogP contribution is 2.51. The SMILES string of the molecule is C[C@H]1[C@H]2Cc3ccc(O)cc3[C@@]1(CCN1CCCC1)CCN2C. The van der Waals surface area contributed by atoms with Gasteiger partial charge in [0, 0.05) is 11.5 Å². The number of hydrogen-bond acceptors (Lipinski definition) is 3. The molecule has 1 aromatic carbocycles. The Bertz CT molecular complexity index is 581. The normalized spacial score (nSPS) is 34.5. The Morgan fingerprint density at radius 1 is 1.22 bits per heavy atom. The van der Waals surface area contributed by atoms with Gasteiger partial charge in [0.25, 0.3) is 0 Å². The van der Waals surface area contributed by atoms with Crippen molar-refractivity contribution in [2.75, 3.05) is 33.2 Å². The van der Waals surface area contributed by atoms with E-state index >= 15 is 0 Å². The first-order valence-electron chi connectivity index (χ1n) is 9.35. The summed E-state index contributed by atoms with van der Waals surface area (Å²) in [4.78, 5) is 5.21. The van der Waals surface area contributed by atoms with Crippen LogP contribution >= 0.6 is 0 Å². The lowest BCUT2D eigenvalue weighted by molar-refractivity contribution is 0.0311. The third-order valence-corrected chi connectivity index (χ3v) is 7.06. The number of phenols is 1. The van der Waals surface area contributed by atoms with Gasteiger partial charge in [-0.3, -0.25) is 0 Å². The summed E-state index contributed by atoms with van der Waals surface area (Å²) in [5.74, 6) is 1.10. The maximum Gasteiger partial charge on any atom is 0.115 e. The molecule has 2 fully saturated rings. The summed E-state index contributed by atoms with van der Waals surface area (Å²) in [6.45, 7) is 7.42. The van der Waals surface area contributed by atoms with E-state index in [0.29, 0.717) is 17.7 Å². The first-order valence-corrected chi connectivity index (χ1v) is 9.35. The second-order valence-corrected chi connectivity index (χ2v) is 8.09. The van der Waals surface area contributed by atoms with E-state index < -0.39 is 0 Å². The molecular formula is C20H30N2O. The summed E-state index contributed by atoms with van der Waals surface area (Å²) in [5.41, 5.74) is 3.18. The molecule has 0 unspecified atom stereocenters. The zero-order valence-electron chi connectivity index (χ0n) is 14.6. The maximum atomic E-state index is 10.1. The van der Waals surface area contributed by atoms with Crippen molar-refractivity contribution in [3.8, 4) is 5.75 Å². The van der Waals surface area contributed by atoms with E-state index in [0.717, 1.165) is 6.42 Å². The molecule has 1 N–H and O–H groups in total. The first-order chi connectivity index (χ1) is 11.1. The summed E-state index contributed by atoms with van der Waals surface area (Å²) < 4.78 is 0. The van der Waals surface area contributed by atoms with Crippen LogP contribution in [-0.4, -0.2) is 54.2 Å². The average molecular weight is 314 g/mol. The van der Waals surface area contributed by atoms with Crippen LogP contribution in [-0.2, 0) is 11.8 Å². The number of nitrogens with zero attached hydrogens (tertiary/aromatic N) is 2. The molecule has 3 atom stereocenters. The smallest absolute Gasteiger partial charge is 0.115 e. The van der Waals surface area contributed by atoms with E-state index in [9.17, 15) is 5.11 Å². The lowest BCUT2D eigenvalue weighted by Gasteiger charge is -2.55. The highest BCUT2D eigenvalue weighted by molar-refractivity contribution is 5.44. The number of phenolic OH excluding ortho intramolecular Hbond substituents is 1. The van der Waals surface area contributed by atoms with Crippen LogP contribution < -0.4 is 0 Å². The van der Waals surface area contributed by atoms with Crippen molar-refractivity contribution in [1.29, 1.82) is 0 Å². The number of likely N-dealkylation sites (N-methyl/N-ethyl adjacent to an activating group) is 1.